The van der Waals surface area contributed by atoms with Gasteiger partial charge in [-0.05, 0) is 23.8 Å². The molecule has 0 fully saturated rings. The van der Waals surface area contributed by atoms with Gasteiger partial charge in [-0.3, -0.25) is 20.0 Å². The molecule has 29 heavy (non-hydrogen) atoms. The topological polar surface area (TPSA) is 119 Å². The quantitative estimate of drug-likeness (QED) is 0.489. The summed E-state index contributed by atoms with van der Waals surface area (Å²) in [5.74, 6) is 1.29. The van der Waals surface area contributed by atoms with Crippen LogP contribution in [-0.4, -0.2) is 28.1 Å². The number of methoxy groups -OCH3 is 1. The summed E-state index contributed by atoms with van der Waals surface area (Å²) in [5, 5.41) is 20.7. The van der Waals surface area contributed by atoms with Gasteiger partial charge in [-0.15, -0.1) is 0 Å². The molecular weight excluding hydrogens is 376 g/mol. The average Bonchev–Trinajstić information content (AvgIpc) is 3.20. The summed E-state index contributed by atoms with van der Waals surface area (Å²) >= 11 is 0. The highest BCUT2D eigenvalue weighted by molar-refractivity contribution is 5.94. The van der Waals surface area contributed by atoms with Gasteiger partial charge in [-0.1, -0.05) is 18.2 Å². The fourth-order valence-electron chi connectivity index (χ4n) is 3.43. The molecule has 148 valence electrons. The molecule has 0 radical (unpaired) electrons. The third-order valence-electron chi connectivity index (χ3n) is 4.86. The fourth-order valence-corrected chi connectivity index (χ4v) is 3.43. The average molecular weight is 394 g/mol. The lowest BCUT2D eigenvalue weighted by Crippen LogP contribution is -2.23. The van der Waals surface area contributed by atoms with Gasteiger partial charge in [0.15, 0.2) is 11.5 Å². The Balaban J connectivity index is 1.59. The Morgan fingerprint density at radius 3 is 2.86 bits per heavy atom. The molecule has 1 atom stereocenters. The van der Waals surface area contributed by atoms with E-state index in [1.54, 1.807) is 30.5 Å². The van der Waals surface area contributed by atoms with Gasteiger partial charge in [0, 0.05) is 24.0 Å². The molecule has 4 rings (SSSR count). The summed E-state index contributed by atoms with van der Waals surface area (Å²) in [7, 11) is 1.52. The minimum atomic E-state index is -0.435. The van der Waals surface area contributed by atoms with E-state index in [1.807, 2.05) is 12.1 Å². The van der Waals surface area contributed by atoms with Crippen LogP contribution in [0.15, 0.2) is 48.7 Å². The Morgan fingerprint density at radius 1 is 1.24 bits per heavy atom. The lowest BCUT2D eigenvalue weighted by molar-refractivity contribution is -0.385. The van der Waals surface area contributed by atoms with Crippen molar-refractivity contribution in [1.29, 1.82) is 0 Å². The minimum Gasteiger partial charge on any atom is -0.493 e. The molecule has 3 aromatic rings. The number of carbonyl (C=O) groups excluding carboxylic acids is 1. The molecule has 2 aromatic carbocycles. The van der Waals surface area contributed by atoms with Crippen LogP contribution < -0.4 is 14.8 Å². The van der Waals surface area contributed by atoms with E-state index in [0.717, 1.165) is 11.1 Å². The van der Waals surface area contributed by atoms with E-state index in [9.17, 15) is 14.9 Å². The number of rotatable bonds is 6. The Bertz CT molecular complexity index is 1080. The molecule has 9 nitrogen and oxygen atoms in total. The minimum absolute atomic E-state index is 0.00351. The van der Waals surface area contributed by atoms with Crippen molar-refractivity contribution in [2.75, 3.05) is 12.4 Å². The number of aromatic nitrogens is 2. The monoisotopic (exact) mass is 394 g/mol. The second-order valence-electron chi connectivity index (χ2n) is 6.59. The Hall–Kier alpha value is -3.88. The predicted molar refractivity (Wildman–Crippen MR) is 104 cm³/mol. The van der Waals surface area contributed by atoms with Crippen LogP contribution in [0.4, 0.5) is 11.5 Å². The van der Waals surface area contributed by atoms with Gasteiger partial charge >= 0.3 is 0 Å². The van der Waals surface area contributed by atoms with E-state index >= 15 is 0 Å². The maximum Gasteiger partial charge on any atom is 0.276 e. The number of nitro groups is 1. The summed E-state index contributed by atoms with van der Waals surface area (Å²) in [6, 6.07) is 11.8. The molecular formula is C20H18N4O5. The smallest absolute Gasteiger partial charge is 0.276 e. The van der Waals surface area contributed by atoms with Crippen molar-refractivity contribution in [3.05, 3.63) is 75.5 Å². The largest absolute Gasteiger partial charge is 0.493 e. The third kappa shape index (κ3) is 3.62. The summed E-state index contributed by atoms with van der Waals surface area (Å²) in [6.07, 6.45) is 2.00. The third-order valence-corrected chi connectivity index (χ3v) is 4.86. The number of fused-ring (bicyclic) bond motifs is 1. The van der Waals surface area contributed by atoms with Gasteiger partial charge in [0.1, 0.15) is 12.4 Å². The molecule has 1 aliphatic rings. The van der Waals surface area contributed by atoms with E-state index in [0.29, 0.717) is 29.3 Å². The molecule has 2 N–H and O–H groups in total. The van der Waals surface area contributed by atoms with Crippen LogP contribution in [0.3, 0.4) is 0 Å². The number of nitrogens with zero attached hydrogens (tertiary/aromatic N) is 2. The first-order chi connectivity index (χ1) is 14.1. The second-order valence-corrected chi connectivity index (χ2v) is 6.59. The number of para-hydroxylation sites is 1. The molecule has 1 amide bonds. The molecule has 2 heterocycles. The summed E-state index contributed by atoms with van der Waals surface area (Å²) in [5.41, 5.74) is 2.26. The van der Waals surface area contributed by atoms with Crippen molar-refractivity contribution in [3.8, 4) is 11.5 Å². The van der Waals surface area contributed by atoms with Gasteiger partial charge < -0.3 is 14.8 Å². The Morgan fingerprint density at radius 2 is 2.07 bits per heavy atom. The van der Waals surface area contributed by atoms with Crippen LogP contribution in [0.25, 0.3) is 0 Å². The van der Waals surface area contributed by atoms with Crippen molar-refractivity contribution in [1.82, 2.24) is 10.2 Å². The van der Waals surface area contributed by atoms with Crippen molar-refractivity contribution in [3.63, 3.8) is 0 Å². The highest BCUT2D eigenvalue weighted by Gasteiger charge is 2.28. The van der Waals surface area contributed by atoms with Gasteiger partial charge in [-0.25, -0.2) is 0 Å². The number of amides is 1. The molecule has 0 saturated carbocycles. The van der Waals surface area contributed by atoms with Crippen LogP contribution in [0, 0.1) is 10.1 Å². The normalized spacial score (nSPS) is 15.3. The van der Waals surface area contributed by atoms with Crippen LogP contribution in [0.1, 0.15) is 29.0 Å². The lowest BCUT2D eigenvalue weighted by atomic mass is 9.87. The number of hydrogen-bond donors (Lipinski definition) is 2. The Kier molecular flexibility index (Phi) is 4.86. The van der Waals surface area contributed by atoms with E-state index in [-0.39, 0.29) is 24.1 Å². The van der Waals surface area contributed by atoms with E-state index < -0.39 is 4.92 Å². The first-order valence-corrected chi connectivity index (χ1v) is 8.93. The van der Waals surface area contributed by atoms with Crippen molar-refractivity contribution in [2.24, 2.45) is 0 Å². The number of aromatic amines is 1. The lowest BCUT2D eigenvalue weighted by Gasteiger charge is -2.23. The van der Waals surface area contributed by atoms with E-state index in [1.165, 1.54) is 13.2 Å². The van der Waals surface area contributed by atoms with E-state index in [2.05, 4.69) is 15.5 Å². The number of benzene rings is 2. The molecule has 0 bridgehead atoms. The molecule has 1 aliphatic heterocycles. The van der Waals surface area contributed by atoms with Crippen LogP contribution in [-0.2, 0) is 11.4 Å². The highest BCUT2D eigenvalue weighted by atomic mass is 16.6. The maximum absolute atomic E-state index is 12.0. The van der Waals surface area contributed by atoms with E-state index in [4.69, 9.17) is 9.47 Å². The summed E-state index contributed by atoms with van der Waals surface area (Å²) in [4.78, 5) is 22.7. The zero-order valence-corrected chi connectivity index (χ0v) is 15.5. The number of ether oxygens (including phenoxy) is 2. The molecule has 0 aliphatic carbocycles. The molecule has 1 aromatic heterocycles. The van der Waals surface area contributed by atoms with Gasteiger partial charge in [0.05, 0.1) is 23.8 Å². The molecule has 0 saturated heterocycles. The van der Waals surface area contributed by atoms with Crippen LogP contribution in [0.5, 0.6) is 11.5 Å². The summed E-state index contributed by atoms with van der Waals surface area (Å²) < 4.78 is 11.3. The van der Waals surface area contributed by atoms with Crippen molar-refractivity contribution < 1.29 is 19.2 Å². The number of anilines is 1. The predicted octanol–water partition coefficient (Wildman–Crippen LogP) is 3.38. The summed E-state index contributed by atoms with van der Waals surface area (Å²) in [6.45, 7) is 0.0323. The first-order valence-electron chi connectivity index (χ1n) is 8.93. The molecule has 9 heteroatoms. The van der Waals surface area contributed by atoms with Crippen molar-refractivity contribution in [2.45, 2.75) is 18.9 Å². The number of nitro benzene ring substituents is 1. The van der Waals surface area contributed by atoms with Gasteiger partial charge in [-0.2, -0.15) is 5.10 Å². The van der Waals surface area contributed by atoms with Crippen molar-refractivity contribution >= 4 is 17.4 Å². The molecule has 0 spiro atoms. The number of H-pyrrole nitrogens is 1. The zero-order valence-electron chi connectivity index (χ0n) is 15.5. The Labute approximate surface area is 165 Å². The standard InChI is InChI=1S/C20H18N4O5/c1-28-18-8-12(14-9-19(25)22-20-15(14)10-21-23-20)6-7-17(18)29-11-13-4-2-3-5-16(13)24(26)27/h2-8,10,14H,9,11H2,1H3,(H2,21,22,23,25). The zero-order chi connectivity index (χ0) is 20.4. The van der Waals surface area contributed by atoms with Crippen LogP contribution in [0.2, 0.25) is 0 Å². The highest BCUT2D eigenvalue weighted by Crippen LogP contribution is 2.39. The van der Waals surface area contributed by atoms with Gasteiger partial charge in [0.2, 0.25) is 5.91 Å². The second kappa shape index (κ2) is 7.63. The SMILES string of the molecule is COc1cc(C2CC(=O)Nc3[nH]ncc32)ccc1OCc1ccccc1[N+](=O)[O-]. The number of nitrogens with one attached hydrogen (secondary N) is 2. The number of hydrogen-bond acceptors (Lipinski definition) is 6. The van der Waals surface area contributed by atoms with Crippen LogP contribution >= 0.6 is 0 Å². The maximum atomic E-state index is 12.0. The van der Waals surface area contributed by atoms with Gasteiger partial charge in [0.25, 0.3) is 5.69 Å². The first kappa shape index (κ1) is 18.5. The fraction of sp³-hybridized carbons (Fsp3) is 0.200. The number of carbonyl (C=O) groups is 1. The molecule has 1 unspecified atom stereocenters.